The summed E-state index contributed by atoms with van der Waals surface area (Å²) in [6.07, 6.45) is 4.79. The molecule has 0 amide bonds. The number of aromatic nitrogens is 2. The minimum Gasteiger partial charge on any atom is -0.319 e. The molecule has 1 aromatic carbocycles. The van der Waals surface area contributed by atoms with Crippen LogP contribution in [0.25, 0.3) is 0 Å². The summed E-state index contributed by atoms with van der Waals surface area (Å²) in [5.41, 5.74) is 7.56. The molecular weight excluding hydrogens is 320 g/mol. The lowest BCUT2D eigenvalue weighted by molar-refractivity contribution is 0.624. The first-order valence-electron chi connectivity index (χ1n) is 4.65. The van der Waals surface area contributed by atoms with E-state index >= 15 is 0 Å². The molecule has 2 aromatic rings. The maximum absolute atomic E-state index is 12.9. The molecule has 0 spiro atoms. The number of nitrogens with two attached hydrogens (primary N) is 1. The molecule has 5 heteroatoms. The third-order valence-electron chi connectivity index (χ3n) is 2.20. The highest BCUT2D eigenvalue weighted by Crippen LogP contribution is 2.23. The topological polar surface area (TPSA) is 51.8 Å². The first-order valence-corrected chi connectivity index (χ1v) is 5.73. The highest BCUT2D eigenvalue weighted by molar-refractivity contribution is 14.1. The van der Waals surface area contributed by atoms with Gasteiger partial charge in [0.15, 0.2) is 0 Å². The summed E-state index contributed by atoms with van der Waals surface area (Å²) in [4.78, 5) is 8.09. The summed E-state index contributed by atoms with van der Waals surface area (Å²) in [7, 11) is 0. The van der Waals surface area contributed by atoms with Crippen LogP contribution >= 0.6 is 22.6 Å². The third kappa shape index (κ3) is 2.35. The average Bonchev–Trinajstić information content (AvgIpc) is 2.29. The fourth-order valence-electron chi connectivity index (χ4n) is 1.38. The maximum Gasteiger partial charge on any atom is 0.124 e. The lowest BCUT2D eigenvalue weighted by atomic mass is 10.1. The largest absolute Gasteiger partial charge is 0.319 e. The van der Waals surface area contributed by atoms with Crippen molar-refractivity contribution in [3.05, 3.63) is 57.4 Å². The van der Waals surface area contributed by atoms with Crippen molar-refractivity contribution < 1.29 is 4.39 Å². The summed E-state index contributed by atoms with van der Waals surface area (Å²) in [5, 5.41) is 0. The zero-order valence-electron chi connectivity index (χ0n) is 8.27. The molecular formula is C11H9FIN3. The second kappa shape index (κ2) is 4.84. The molecule has 1 heterocycles. The van der Waals surface area contributed by atoms with Gasteiger partial charge in [-0.2, -0.15) is 0 Å². The molecule has 1 unspecified atom stereocenters. The van der Waals surface area contributed by atoms with Crippen LogP contribution in [0.1, 0.15) is 17.3 Å². The van der Waals surface area contributed by atoms with Gasteiger partial charge in [0, 0.05) is 16.0 Å². The highest BCUT2D eigenvalue weighted by atomic mass is 127. The van der Waals surface area contributed by atoms with Crippen LogP contribution in [-0.4, -0.2) is 9.97 Å². The molecule has 3 nitrogen and oxygen atoms in total. The molecule has 0 saturated carbocycles. The van der Waals surface area contributed by atoms with Crippen molar-refractivity contribution in [3.63, 3.8) is 0 Å². The quantitative estimate of drug-likeness (QED) is 0.860. The SMILES string of the molecule is NC(c1cnccn1)c1ccc(F)cc1I. The number of rotatable bonds is 2. The molecule has 0 fully saturated rings. The fraction of sp³-hybridized carbons (Fsp3) is 0.0909. The first kappa shape index (κ1) is 11.4. The predicted octanol–water partition coefficient (Wildman–Crippen LogP) is 2.27. The van der Waals surface area contributed by atoms with Gasteiger partial charge in [-0.15, -0.1) is 0 Å². The maximum atomic E-state index is 12.9. The van der Waals surface area contributed by atoms with Crippen LogP contribution in [0.5, 0.6) is 0 Å². The monoisotopic (exact) mass is 329 g/mol. The molecule has 0 saturated heterocycles. The lowest BCUT2D eigenvalue weighted by Gasteiger charge is -2.12. The van der Waals surface area contributed by atoms with Crippen molar-refractivity contribution in [1.29, 1.82) is 0 Å². The van der Waals surface area contributed by atoms with Gasteiger partial charge in [0.1, 0.15) is 5.82 Å². The Hall–Kier alpha value is -1.08. The Morgan fingerprint density at radius 1 is 1.31 bits per heavy atom. The van der Waals surface area contributed by atoms with E-state index in [2.05, 4.69) is 32.6 Å². The van der Waals surface area contributed by atoms with Gasteiger partial charge in [-0.3, -0.25) is 9.97 Å². The first-order chi connectivity index (χ1) is 7.68. The van der Waals surface area contributed by atoms with Gasteiger partial charge < -0.3 is 5.73 Å². The second-order valence-electron chi connectivity index (χ2n) is 3.27. The van der Waals surface area contributed by atoms with Gasteiger partial charge in [-0.05, 0) is 40.3 Å². The molecule has 0 aliphatic carbocycles. The van der Waals surface area contributed by atoms with Crippen molar-refractivity contribution in [2.24, 2.45) is 5.73 Å². The van der Waals surface area contributed by atoms with E-state index in [-0.39, 0.29) is 11.9 Å². The van der Waals surface area contributed by atoms with Crippen LogP contribution in [0.3, 0.4) is 0 Å². The van der Waals surface area contributed by atoms with Crippen molar-refractivity contribution in [3.8, 4) is 0 Å². The molecule has 0 radical (unpaired) electrons. The average molecular weight is 329 g/mol. The zero-order valence-corrected chi connectivity index (χ0v) is 10.4. The Kier molecular flexibility index (Phi) is 3.45. The number of nitrogens with zero attached hydrogens (tertiary/aromatic N) is 2. The number of hydrogen-bond donors (Lipinski definition) is 1. The minimum absolute atomic E-state index is 0.264. The molecule has 1 atom stereocenters. The van der Waals surface area contributed by atoms with Crippen LogP contribution in [0, 0.1) is 9.39 Å². The second-order valence-corrected chi connectivity index (χ2v) is 4.44. The van der Waals surface area contributed by atoms with Gasteiger partial charge in [0.25, 0.3) is 0 Å². The minimum atomic E-state index is -0.374. The Bertz CT molecular complexity index is 490. The van der Waals surface area contributed by atoms with Crippen LogP contribution in [0.2, 0.25) is 0 Å². The van der Waals surface area contributed by atoms with E-state index in [4.69, 9.17) is 5.73 Å². The van der Waals surface area contributed by atoms with E-state index in [0.717, 1.165) is 9.13 Å². The van der Waals surface area contributed by atoms with E-state index < -0.39 is 0 Å². The third-order valence-corrected chi connectivity index (χ3v) is 3.13. The van der Waals surface area contributed by atoms with Gasteiger partial charge in [-0.1, -0.05) is 6.07 Å². The summed E-state index contributed by atoms with van der Waals surface area (Å²) in [6, 6.07) is 4.15. The smallest absolute Gasteiger partial charge is 0.124 e. The molecule has 2 rings (SSSR count). The Balaban J connectivity index is 2.38. The molecule has 82 valence electrons. The predicted molar refractivity (Wildman–Crippen MR) is 67.2 cm³/mol. The summed E-state index contributed by atoms with van der Waals surface area (Å²) < 4.78 is 13.7. The Labute approximate surface area is 106 Å². The standard InChI is InChI=1S/C11H9FIN3/c12-7-1-2-8(9(13)5-7)11(14)10-6-15-3-4-16-10/h1-6,11H,14H2. The van der Waals surface area contributed by atoms with Gasteiger partial charge >= 0.3 is 0 Å². The van der Waals surface area contributed by atoms with E-state index in [1.807, 2.05) is 0 Å². The van der Waals surface area contributed by atoms with Gasteiger partial charge in [0.2, 0.25) is 0 Å². The summed E-state index contributed by atoms with van der Waals surface area (Å²) in [5.74, 6) is -0.264. The van der Waals surface area contributed by atoms with Crippen molar-refractivity contribution >= 4 is 22.6 Å². The zero-order chi connectivity index (χ0) is 11.5. The number of halogens is 2. The number of hydrogen-bond acceptors (Lipinski definition) is 3. The van der Waals surface area contributed by atoms with Crippen LogP contribution in [-0.2, 0) is 0 Å². The Morgan fingerprint density at radius 2 is 2.12 bits per heavy atom. The van der Waals surface area contributed by atoms with E-state index in [1.165, 1.54) is 12.1 Å². The highest BCUT2D eigenvalue weighted by Gasteiger charge is 2.13. The lowest BCUT2D eigenvalue weighted by Crippen LogP contribution is -2.15. The number of benzene rings is 1. The molecule has 0 aliphatic heterocycles. The molecule has 0 bridgehead atoms. The van der Waals surface area contributed by atoms with Crippen molar-refractivity contribution in [1.82, 2.24) is 9.97 Å². The fourth-order valence-corrected chi connectivity index (χ4v) is 2.20. The summed E-state index contributed by atoms with van der Waals surface area (Å²) in [6.45, 7) is 0. The van der Waals surface area contributed by atoms with E-state index in [1.54, 1.807) is 24.7 Å². The Morgan fingerprint density at radius 3 is 2.75 bits per heavy atom. The van der Waals surface area contributed by atoms with Crippen LogP contribution in [0.15, 0.2) is 36.8 Å². The van der Waals surface area contributed by atoms with Crippen molar-refractivity contribution in [2.45, 2.75) is 6.04 Å². The van der Waals surface area contributed by atoms with E-state index in [0.29, 0.717) is 5.69 Å². The van der Waals surface area contributed by atoms with Crippen molar-refractivity contribution in [2.75, 3.05) is 0 Å². The van der Waals surface area contributed by atoms with E-state index in [9.17, 15) is 4.39 Å². The molecule has 2 N–H and O–H groups in total. The normalized spacial score (nSPS) is 12.4. The molecule has 16 heavy (non-hydrogen) atoms. The summed E-state index contributed by atoms with van der Waals surface area (Å²) >= 11 is 2.06. The van der Waals surface area contributed by atoms with Crippen LogP contribution in [0.4, 0.5) is 4.39 Å². The van der Waals surface area contributed by atoms with Crippen LogP contribution < -0.4 is 5.73 Å². The van der Waals surface area contributed by atoms with Gasteiger partial charge in [0.05, 0.1) is 17.9 Å². The van der Waals surface area contributed by atoms with Gasteiger partial charge in [-0.25, -0.2) is 4.39 Å². The molecule has 1 aromatic heterocycles. The molecule has 0 aliphatic rings.